The lowest BCUT2D eigenvalue weighted by molar-refractivity contribution is -0.138. The molecule has 1 fully saturated rings. The molecule has 2 N–H and O–H groups in total. The van der Waals surface area contributed by atoms with Gasteiger partial charge in [0.2, 0.25) is 5.91 Å². The second-order valence-electron chi connectivity index (χ2n) is 5.12. The van der Waals surface area contributed by atoms with E-state index < -0.39 is 0 Å². The van der Waals surface area contributed by atoms with E-state index in [1.54, 1.807) is 0 Å². The highest BCUT2D eigenvalue weighted by Gasteiger charge is 2.31. The van der Waals surface area contributed by atoms with Crippen molar-refractivity contribution in [1.82, 2.24) is 4.90 Å². The molecular weight excluding hydrogens is 200 g/mol. The average molecular weight is 226 g/mol. The number of nitrogens with zero attached hydrogens (tertiary/aromatic N) is 1. The lowest BCUT2D eigenvalue weighted by Gasteiger charge is -2.40. The van der Waals surface area contributed by atoms with Crippen LogP contribution in [0.4, 0.5) is 0 Å². The Hall–Kier alpha value is -0.570. The Morgan fingerprint density at radius 3 is 2.44 bits per heavy atom. The predicted molar refractivity (Wildman–Crippen MR) is 67.1 cm³/mol. The summed E-state index contributed by atoms with van der Waals surface area (Å²) in [6.45, 7) is 6.41. The second-order valence-corrected chi connectivity index (χ2v) is 5.12. The first-order valence-electron chi connectivity index (χ1n) is 6.65. The summed E-state index contributed by atoms with van der Waals surface area (Å²) >= 11 is 0. The van der Waals surface area contributed by atoms with Crippen LogP contribution in [0.15, 0.2) is 0 Å². The minimum atomic E-state index is -0.289. The molecule has 1 saturated heterocycles. The Balaban J connectivity index is 2.56. The van der Waals surface area contributed by atoms with Crippen LogP contribution < -0.4 is 5.73 Å². The quantitative estimate of drug-likeness (QED) is 0.799. The van der Waals surface area contributed by atoms with E-state index in [1.807, 2.05) is 4.90 Å². The summed E-state index contributed by atoms with van der Waals surface area (Å²) in [6.07, 6.45) is 6.45. The molecule has 1 aliphatic heterocycles. The largest absolute Gasteiger partial charge is 0.336 e. The smallest absolute Gasteiger partial charge is 0.239 e. The van der Waals surface area contributed by atoms with Crippen LogP contribution >= 0.6 is 0 Å². The first kappa shape index (κ1) is 13.5. The summed E-state index contributed by atoms with van der Waals surface area (Å²) < 4.78 is 0. The van der Waals surface area contributed by atoms with Crippen LogP contribution in [0.5, 0.6) is 0 Å². The molecule has 1 amide bonds. The van der Waals surface area contributed by atoms with Crippen molar-refractivity contribution < 1.29 is 4.79 Å². The third-order valence-electron chi connectivity index (χ3n) is 3.63. The number of carbonyl (C=O) groups excluding carboxylic acids is 1. The number of amides is 1. The van der Waals surface area contributed by atoms with Crippen LogP contribution in [0, 0.1) is 0 Å². The summed E-state index contributed by atoms with van der Waals surface area (Å²) in [5.41, 5.74) is 5.97. The van der Waals surface area contributed by atoms with Crippen molar-refractivity contribution in [3.8, 4) is 0 Å². The van der Waals surface area contributed by atoms with E-state index in [0.29, 0.717) is 12.1 Å². The van der Waals surface area contributed by atoms with E-state index in [1.165, 1.54) is 6.42 Å². The number of nitrogens with two attached hydrogens (primary N) is 1. The third-order valence-corrected chi connectivity index (χ3v) is 3.63. The van der Waals surface area contributed by atoms with E-state index in [0.717, 1.165) is 32.1 Å². The Kier molecular flexibility index (Phi) is 5.26. The molecule has 2 unspecified atom stereocenters. The van der Waals surface area contributed by atoms with Crippen LogP contribution in [0.1, 0.15) is 59.3 Å². The van der Waals surface area contributed by atoms with E-state index >= 15 is 0 Å². The fourth-order valence-electron chi connectivity index (χ4n) is 2.59. The number of hydrogen-bond donors (Lipinski definition) is 1. The molecule has 0 aliphatic carbocycles. The van der Waals surface area contributed by atoms with Gasteiger partial charge in [-0.15, -0.1) is 0 Å². The topological polar surface area (TPSA) is 46.3 Å². The van der Waals surface area contributed by atoms with Gasteiger partial charge in [0, 0.05) is 12.1 Å². The zero-order chi connectivity index (χ0) is 12.1. The monoisotopic (exact) mass is 226 g/mol. The summed E-state index contributed by atoms with van der Waals surface area (Å²) in [5, 5.41) is 0. The molecule has 1 aliphatic rings. The molecule has 0 aromatic carbocycles. The number of rotatable bonds is 4. The van der Waals surface area contributed by atoms with Crippen molar-refractivity contribution in [3.05, 3.63) is 0 Å². The van der Waals surface area contributed by atoms with Gasteiger partial charge in [-0.05, 0) is 39.5 Å². The molecule has 0 aromatic heterocycles. The number of carbonyl (C=O) groups is 1. The zero-order valence-electron chi connectivity index (χ0n) is 10.9. The van der Waals surface area contributed by atoms with Gasteiger partial charge in [-0.3, -0.25) is 4.79 Å². The number of hydrogen-bond acceptors (Lipinski definition) is 2. The van der Waals surface area contributed by atoms with E-state index in [-0.39, 0.29) is 11.9 Å². The molecular formula is C13H26N2O. The maximum Gasteiger partial charge on any atom is 0.239 e. The second kappa shape index (κ2) is 6.24. The maximum absolute atomic E-state index is 12.2. The molecule has 0 saturated carbocycles. The Bertz CT molecular complexity index is 220. The van der Waals surface area contributed by atoms with Crippen LogP contribution in [0.2, 0.25) is 0 Å². The number of piperidine rings is 1. The average Bonchev–Trinajstić information content (AvgIpc) is 2.25. The minimum absolute atomic E-state index is 0.160. The van der Waals surface area contributed by atoms with Gasteiger partial charge >= 0.3 is 0 Å². The van der Waals surface area contributed by atoms with Gasteiger partial charge in [0.05, 0.1) is 6.04 Å². The first-order chi connectivity index (χ1) is 7.57. The fourth-order valence-corrected chi connectivity index (χ4v) is 2.59. The standard InChI is InChI=1S/C13H26N2O/c1-4-5-9-12(14)13(16)15-10(2)7-6-8-11(15)3/h10-12H,4-9,14H2,1-3H3/t10?,11?,12-/m0/s1. The van der Waals surface area contributed by atoms with Gasteiger partial charge in [0.15, 0.2) is 0 Å². The minimum Gasteiger partial charge on any atom is -0.336 e. The molecule has 1 rings (SSSR count). The third kappa shape index (κ3) is 3.21. The Morgan fingerprint density at radius 1 is 1.38 bits per heavy atom. The van der Waals surface area contributed by atoms with Crippen molar-refractivity contribution in [3.63, 3.8) is 0 Å². The van der Waals surface area contributed by atoms with Crippen molar-refractivity contribution in [2.24, 2.45) is 5.73 Å². The Morgan fingerprint density at radius 2 is 1.94 bits per heavy atom. The van der Waals surface area contributed by atoms with Gasteiger partial charge in [-0.25, -0.2) is 0 Å². The summed E-state index contributed by atoms with van der Waals surface area (Å²) in [5.74, 6) is 0.160. The van der Waals surface area contributed by atoms with E-state index in [9.17, 15) is 4.79 Å². The van der Waals surface area contributed by atoms with Crippen molar-refractivity contribution >= 4 is 5.91 Å². The van der Waals surface area contributed by atoms with E-state index in [4.69, 9.17) is 5.73 Å². The van der Waals surface area contributed by atoms with Crippen LogP contribution in [-0.4, -0.2) is 28.9 Å². The molecule has 1 heterocycles. The van der Waals surface area contributed by atoms with Gasteiger partial charge in [-0.1, -0.05) is 19.8 Å². The summed E-state index contributed by atoms with van der Waals surface area (Å²) in [7, 11) is 0. The highest BCUT2D eigenvalue weighted by molar-refractivity contribution is 5.82. The van der Waals surface area contributed by atoms with Gasteiger partial charge in [0.1, 0.15) is 0 Å². The van der Waals surface area contributed by atoms with Crippen LogP contribution in [0.25, 0.3) is 0 Å². The SMILES string of the molecule is CCCC[C@H](N)C(=O)N1C(C)CCCC1C. The molecule has 0 bridgehead atoms. The van der Waals surface area contributed by atoms with Crippen molar-refractivity contribution in [1.29, 1.82) is 0 Å². The zero-order valence-corrected chi connectivity index (χ0v) is 10.9. The molecule has 0 spiro atoms. The van der Waals surface area contributed by atoms with Gasteiger partial charge in [0.25, 0.3) is 0 Å². The highest BCUT2D eigenvalue weighted by Crippen LogP contribution is 2.23. The first-order valence-corrected chi connectivity index (χ1v) is 6.65. The van der Waals surface area contributed by atoms with Gasteiger partial charge in [-0.2, -0.15) is 0 Å². The Labute approximate surface area is 99.4 Å². The maximum atomic E-state index is 12.2. The lowest BCUT2D eigenvalue weighted by Crippen LogP contribution is -2.53. The summed E-state index contributed by atoms with van der Waals surface area (Å²) in [4.78, 5) is 14.2. The van der Waals surface area contributed by atoms with Crippen LogP contribution in [-0.2, 0) is 4.79 Å². The molecule has 3 heteroatoms. The molecule has 3 nitrogen and oxygen atoms in total. The molecule has 3 atom stereocenters. The predicted octanol–water partition coefficient (Wildman–Crippen LogP) is 2.29. The van der Waals surface area contributed by atoms with Crippen LogP contribution in [0.3, 0.4) is 0 Å². The molecule has 0 aromatic rings. The fraction of sp³-hybridized carbons (Fsp3) is 0.923. The molecule has 0 radical (unpaired) electrons. The normalized spacial score (nSPS) is 27.9. The molecule has 94 valence electrons. The van der Waals surface area contributed by atoms with Gasteiger partial charge < -0.3 is 10.6 Å². The highest BCUT2D eigenvalue weighted by atomic mass is 16.2. The number of likely N-dealkylation sites (tertiary alicyclic amines) is 1. The van der Waals surface area contributed by atoms with Crippen molar-refractivity contribution in [2.75, 3.05) is 0 Å². The molecule has 16 heavy (non-hydrogen) atoms. The lowest BCUT2D eigenvalue weighted by atomic mass is 9.96. The van der Waals surface area contributed by atoms with E-state index in [2.05, 4.69) is 20.8 Å². The van der Waals surface area contributed by atoms with Crippen molar-refractivity contribution in [2.45, 2.75) is 77.4 Å². The number of unbranched alkanes of at least 4 members (excludes halogenated alkanes) is 1. The summed E-state index contributed by atoms with van der Waals surface area (Å²) in [6, 6.07) is 0.441.